The van der Waals surface area contributed by atoms with Crippen molar-refractivity contribution < 1.29 is 23.7 Å². The zero-order valence-corrected chi connectivity index (χ0v) is 18.4. The lowest BCUT2D eigenvalue weighted by atomic mass is 10.1. The molecule has 4 atom stereocenters. The Kier molecular flexibility index (Phi) is 8.05. The Balaban J connectivity index is 1.74. The molecule has 1 aliphatic heterocycles. The standard InChI is InChI=1S/C21H25BrO5S/c1-3-18-19(24-11-15-8-9-28-13-15)20(21(27-18)26-14(2)23)25-12-17-7-5-4-6-16(17)10-22/h4-9,13,18-21H,3,10-12H2,1-2H3/t18-,19+,20-,21?/m1/s1. The number of benzene rings is 1. The summed E-state index contributed by atoms with van der Waals surface area (Å²) in [5.74, 6) is -0.396. The van der Waals surface area contributed by atoms with Gasteiger partial charge in [-0.05, 0) is 39.9 Å². The minimum Gasteiger partial charge on any atom is -0.433 e. The van der Waals surface area contributed by atoms with E-state index >= 15 is 0 Å². The van der Waals surface area contributed by atoms with Gasteiger partial charge in [-0.2, -0.15) is 11.3 Å². The van der Waals surface area contributed by atoms with Gasteiger partial charge in [0, 0.05) is 12.3 Å². The smallest absolute Gasteiger partial charge is 0.305 e. The van der Waals surface area contributed by atoms with Crippen LogP contribution in [-0.4, -0.2) is 30.6 Å². The number of esters is 1. The third-order valence-corrected chi connectivity index (χ3v) is 6.00. The Bertz CT molecular complexity index is 751. The lowest BCUT2D eigenvalue weighted by Crippen LogP contribution is -2.38. The molecule has 0 bridgehead atoms. The third kappa shape index (κ3) is 5.42. The third-order valence-electron chi connectivity index (χ3n) is 4.67. The molecule has 0 N–H and O–H groups in total. The van der Waals surface area contributed by atoms with Gasteiger partial charge >= 0.3 is 5.97 Å². The number of carbonyl (C=O) groups excluding carboxylic acids is 1. The maximum Gasteiger partial charge on any atom is 0.305 e. The van der Waals surface area contributed by atoms with Crippen LogP contribution in [0.3, 0.4) is 0 Å². The zero-order valence-electron chi connectivity index (χ0n) is 16.0. The molecule has 0 radical (unpaired) electrons. The van der Waals surface area contributed by atoms with Crippen molar-refractivity contribution in [3.63, 3.8) is 0 Å². The van der Waals surface area contributed by atoms with Crippen LogP contribution in [0.4, 0.5) is 0 Å². The molecule has 1 saturated heterocycles. The topological polar surface area (TPSA) is 54.0 Å². The number of thiophene rings is 1. The molecule has 1 aliphatic rings. The summed E-state index contributed by atoms with van der Waals surface area (Å²) in [5, 5.41) is 4.83. The van der Waals surface area contributed by atoms with Crippen LogP contribution in [-0.2, 0) is 42.3 Å². The molecule has 1 aromatic heterocycles. The maximum atomic E-state index is 11.6. The Morgan fingerprint density at radius 2 is 1.89 bits per heavy atom. The summed E-state index contributed by atoms with van der Waals surface area (Å²) in [4.78, 5) is 11.6. The van der Waals surface area contributed by atoms with Crippen molar-refractivity contribution in [2.75, 3.05) is 0 Å². The van der Waals surface area contributed by atoms with E-state index in [1.807, 2.05) is 36.6 Å². The second-order valence-electron chi connectivity index (χ2n) is 6.65. The van der Waals surface area contributed by atoms with Gasteiger partial charge in [0.15, 0.2) is 0 Å². The molecule has 1 fully saturated rings. The van der Waals surface area contributed by atoms with Gasteiger partial charge in [-0.1, -0.05) is 47.1 Å². The van der Waals surface area contributed by atoms with Gasteiger partial charge in [0.2, 0.25) is 6.29 Å². The fourth-order valence-corrected chi connectivity index (χ4v) is 4.44. The SMILES string of the molecule is CC[C@H]1OC(OC(C)=O)[C@H](OCc2ccccc2CBr)[C@H]1OCc1ccsc1. The van der Waals surface area contributed by atoms with Crippen molar-refractivity contribution in [3.05, 3.63) is 57.8 Å². The van der Waals surface area contributed by atoms with E-state index in [0.29, 0.717) is 13.2 Å². The van der Waals surface area contributed by atoms with E-state index < -0.39 is 18.4 Å². The summed E-state index contributed by atoms with van der Waals surface area (Å²) in [5.41, 5.74) is 3.35. The molecule has 1 aromatic carbocycles. The minimum atomic E-state index is -0.772. The van der Waals surface area contributed by atoms with E-state index in [1.165, 1.54) is 6.92 Å². The molecule has 5 nitrogen and oxygen atoms in total. The number of halogens is 1. The Morgan fingerprint density at radius 1 is 1.14 bits per heavy atom. The molecular formula is C21H25BrO5S. The summed E-state index contributed by atoms with van der Waals surface area (Å²) in [6.45, 7) is 4.26. The van der Waals surface area contributed by atoms with E-state index in [4.69, 9.17) is 18.9 Å². The van der Waals surface area contributed by atoms with Crippen LogP contribution in [0.15, 0.2) is 41.1 Å². The van der Waals surface area contributed by atoms with Crippen LogP contribution in [0.25, 0.3) is 0 Å². The number of rotatable bonds is 9. The second-order valence-corrected chi connectivity index (χ2v) is 7.99. The average Bonchev–Trinajstić information content (AvgIpc) is 3.32. The largest absolute Gasteiger partial charge is 0.433 e. The molecule has 3 rings (SSSR count). The van der Waals surface area contributed by atoms with Crippen LogP contribution >= 0.6 is 27.3 Å². The molecule has 7 heteroatoms. The first-order valence-corrected chi connectivity index (χ1v) is 11.4. The first-order chi connectivity index (χ1) is 13.6. The molecule has 2 aromatic rings. The van der Waals surface area contributed by atoms with Crippen molar-refractivity contribution in [1.82, 2.24) is 0 Å². The van der Waals surface area contributed by atoms with Crippen LogP contribution < -0.4 is 0 Å². The fourth-order valence-electron chi connectivity index (χ4n) is 3.24. The Hall–Kier alpha value is -1.25. The van der Waals surface area contributed by atoms with Gasteiger partial charge in [-0.15, -0.1) is 0 Å². The molecule has 0 aliphatic carbocycles. The second kappa shape index (κ2) is 10.5. The number of hydrogen-bond acceptors (Lipinski definition) is 6. The van der Waals surface area contributed by atoms with E-state index in [0.717, 1.165) is 28.4 Å². The monoisotopic (exact) mass is 468 g/mol. The predicted octanol–water partition coefficient (Wildman–Crippen LogP) is 4.81. The van der Waals surface area contributed by atoms with Gasteiger partial charge in [-0.25, -0.2) is 0 Å². The van der Waals surface area contributed by atoms with Crippen LogP contribution in [0.2, 0.25) is 0 Å². The molecule has 0 amide bonds. The van der Waals surface area contributed by atoms with Gasteiger partial charge < -0.3 is 18.9 Å². The fraction of sp³-hybridized carbons (Fsp3) is 0.476. The Labute approximate surface area is 178 Å². The number of carbonyl (C=O) groups is 1. The lowest BCUT2D eigenvalue weighted by molar-refractivity contribution is -0.193. The van der Waals surface area contributed by atoms with E-state index in [9.17, 15) is 4.79 Å². The molecular weight excluding hydrogens is 444 g/mol. The summed E-state index contributed by atoms with van der Waals surface area (Å²) >= 11 is 5.15. The number of alkyl halides is 1. The first-order valence-electron chi connectivity index (χ1n) is 9.32. The molecule has 28 heavy (non-hydrogen) atoms. The summed E-state index contributed by atoms with van der Waals surface area (Å²) in [7, 11) is 0. The first kappa shape index (κ1) is 21.5. The highest BCUT2D eigenvalue weighted by molar-refractivity contribution is 9.08. The van der Waals surface area contributed by atoms with Crippen LogP contribution in [0, 0.1) is 0 Å². The molecule has 2 heterocycles. The highest BCUT2D eigenvalue weighted by Gasteiger charge is 2.47. The highest BCUT2D eigenvalue weighted by Crippen LogP contribution is 2.31. The number of ether oxygens (including phenoxy) is 4. The average molecular weight is 469 g/mol. The van der Waals surface area contributed by atoms with Gasteiger partial charge in [-0.3, -0.25) is 4.79 Å². The Morgan fingerprint density at radius 3 is 2.54 bits per heavy atom. The summed E-state index contributed by atoms with van der Waals surface area (Å²) < 4.78 is 23.7. The van der Waals surface area contributed by atoms with Crippen molar-refractivity contribution in [1.29, 1.82) is 0 Å². The predicted molar refractivity (Wildman–Crippen MR) is 111 cm³/mol. The quantitative estimate of drug-likeness (QED) is 0.390. The summed E-state index contributed by atoms with van der Waals surface area (Å²) in [6, 6.07) is 10.1. The highest BCUT2D eigenvalue weighted by atomic mass is 79.9. The van der Waals surface area contributed by atoms with Gasteiger partial charge in [0.05, 0.1) is 19.3 Å². The van der Waals surface area contributed by atoms with Crippen molar-refractivity contribution in [2.24, 2.45) is 0 Å². The van der Waals surface area contributed by atoms with Crippen molar-refractivity contribution in [3.8, 4) is 0 Å². The van der Waals surface area contributed by atoms with E-state index in [-0.39, 0.29) is 12.2 Å². The number of hydrogen-bond donors (Lipinski definition) is 0. The van der Waals surface area contributed by atoms with Gasteiger partial charge in [0.1, 0.15) is 12.2 Å². The molecule has 152 valence electrons. The van der Waals surface area contributed by atoms with Gasteiger partial charge in [0.25, 0.3) is 0 Å². The van der Waals surface area contributed by atoms with Crippen LogP contribution in [0.5, 0.6) is 0 Å². The van der Waals surface area contributed by atoms with Crippen LogP contribution in [0.1, 0.15) is 37.0 Å². The van der Waals surface area contributed by atoms with E-state index in [2.05, 4.69) is 27.4 Å². The normalized spacial score (nSPS) is 24.4. The lowest BCUT2D eigenvalue weighted by Gasteiger charge is -2.24. The zero-order chi connectivity index (χ0) is 19.9. The molecule has 0 saturated carbocycles. The van der Waals surface area contributed by atoms with Crippen molar-refractivity contribution in [2.45, 2.75) is 63.4 Å². The summed E-state index contributed by atoms with van der Waals surface area (Å²) in [6.07, 6.45) is -1.03. The maximum absolute atomic E-state index is 11.6. The van der Waals surface area contributed by atoms with E-state index in [1.54, 1.807) is 11.3 Å². The molecule has 0 spiro atoms. The minimum absolute atomic E-state index is 0.195. The molecule has 1 unspecified atom stereocenters. The van der Waals surface area contributed by atoms with Crippen molar-refractivity contribution >= 4 is 33.2 Å².